The Hall–Kier alpha value is -0.610. The first-order chi connectivity index (χ1) is 6.22. The van der Waals surface area contributed by atoms with Crippen LogP contribution in [0.15, 0.2) is 22.7 Å². The lowest BCUT2D eigenvalue weighted by Crippen LogP contribution is -1.82. The summed E-state index contributed by atoms with van der Waals surface area (Å²) in [4.78, 5) is 0. The van der Waals surface area contributed by atoms with Crippen molar-refractivity contribution < 1.29 is 9.13 Å². The number of thiophene rings is 1. The molecule has 1 aromatic heterocycles. The van der Waals surface area contributed by atoms with Crippen LogP contribution in [0.2, 0.25) is 0 Å². The molecule has 0 aliphatic heterocycles. The second-order valence-corrected chi connectivity index (χ2v) is 4.37. The molecule has 0 bridgehead atoms. The summed E-state index contributed by atoms with van der Waals surface area (Å²) in [6.45, 7) is 0. The molecule has 0 N–H and O–H groups in total. The van der Waals surface area contributed by atoms with Crippen molar-refractivity contribution in [2.75, 3.05) is 7.11 Å². The van der Waals surface area contributed by atoms with Crippen molar-refractivity contribution in [1.82, 2.24) is 0 Å². The molecule has 0 fully saturated rings. The lowest BCUT2D eigenvalue weighted by molar-refractivity contribution is 0.413. The monoisotopic (exact) mass is 260 g/mol. The highest BCUT2D eigenvalue weighted by Crippen LogP contribution is 2.36. The standard InChI is InChI=1S/C9H6BrFOS/c1-12-6-2-3-7-5(9(6)10)4-8(11)13-7/h2-4H,1H3. The second kappa shape index (κ2) is 3.27. The number of rotatable bonds is 1. The van der Waals surface area contributed by atoms with Crippen LogP contribution in [-0.4, -0.2) is 7.11 Å². The Labute approximate surface area is 87.3 Å². The van der Waals surface area contributed by atoms with E-state index in [1.54, 1.807) is 7.11 Å². The minimum absolute atomic E-state index is 0.177. The molecule has 68 valence electrons. The van der Waals surface area contributed by atoms with E-state index in [0.717, 1.165) is 31.6 Å². The molecule has 2 aromatic rings. The van der Waals surface area contributed by atoms with Gasteiger partial charge in [0.25, 0.3) is 0 Å². The predicted molar refractivity (Wildman–Crippen MR) is 56.0 cm³/mol. The van der Waals surface area contributed by atoms with E-state index in [4.69, 9.17) is 4.74 Å². The van der Waals surface area contributed by atoms with Crippen LogP contribution < -0.4 is 4.74 Å². The van der Waals surface area contributed by atoms with Crippen molar-refractivity contribution >= 4 is 37.4 Å². The Balaban J connectivity index is 2.78. The maximum Gasteiger partial charge on any atom is 0.177 e. The largest absolute Gasteiger partial charge is 0.496 e. The minimum atomic E-state index is -0.177. The summed E-state index contributed by atoms with van der Waals surface area (Å²) < 4.78 is 19.7. The number of fused-ring (bicyclic) bond motifs is 1. The Bertz CT molecular complexity index is 452. The average Bonchev–Trinajstić information content (AvgIpc) is 2.47. The van der Waals surface area contributed by atoms with Crippen molar-refractivity contribution in [3.8, 4) is 5.75 Å². The van der Waals surface area contributed by atoms with Crippen molar-refractivity contribution in [2.45, 2.75) is 0 Å². The van der Waals surface area contributed by atoms with E-state index < -0.39 is 0 Å². The van der Waals surface area contributed by atoms with Crippen LogP contribution in [0.5, 0.6) is 5.75 Å². The Morgan fingerprint density at radius 1 is 1.46 bits per heavy atom. The molecule has 1 aromatic carbocycles. The van der Waals surface area contributed by atoms with Gasteiger partial charge in [-0.05, 0) is 34.1 Å². The van der Waals surface area contributed by atoms with Crippen LogP contribution in [0.4, 0.5) is 4.39 Å². The molecule has 1 heterocycles. The summed E-state index contributed by atoms with van der Waals surface area (Å²) in [5.74, 6) is 0.727. The summed E-state index contributed by atoms with van der Waals surface area (Å²) in [7, 11) is 1.59. The molecule has 2 rings (SSSR count). The molecule has 0 aliphatic carbocycles. The number of methoxy groups -OCH3 is 1. The number of hydrogen-bond donors (Lipinski definition) is 0. The lowest BCUT2D eigenvalue weighted by atomic mass is 10.2. The molecule has 0 unspecified atom stereocenters. The highest BCUT2D eigenvalue weighted by molar-refractivity contribution is 9.10. The van der Waals surface area contributed by atoms with Gasteiger partial charge in [-0.15, -0.1) is 11.3 Å². The number of benzene rings is 1. The molecule has 0 amide bonds. The van der Waals surface area contributed by atoms with E-state index in [-0.39, 0.29) is 5.13 Å². The van der Waals surface area contributed by atoms with E-state index in [0.29, 0.717) is 0 Å². The molecule has 0 spiro atoms. The molecule has 1 nitrogen and oxygen atoms in total. The number of hydrogen-bond acceptors (Lipinski definition) is 2. The summed E-state index contributed by atoms with van der Waals surface area (Å²) in [6, 6.07) is 5.18. The lowest BCUT2D eigenvalue weighted by Gasteiger charge is -2.02. The Kier molecular flexibility index (Phi) is 2.26. The van der Waals surface area contributed by atoms with E-state index in [9.17, 15) is 4.39 Å². The topological polar surface area (TPSA) is 9.23 Å². The van der Waals surface area contributed by atoms with Crippen molar-refractivity contribution in [3.63, 3.8) is 0 Å². The van der Waals surface area contributed by atoms with Crippen LogP contribution in [0.25, 0.3) is 10.1 Å². The van der Waals surface area contributed by atoms with Crippen molar-refractivity contribution in [2.24, 2.45) is 0 Å². The average molecular weight is 261 g/mol. The van der Waals surface area contributed by atoms with Gasteiger partial charge in [0.15, 0.2) is 5.13 Å². The molecule has 13 heavy (non-hydrogen) atoms. The second-order valence-electron chi connectivity index (χ2n) is 2.54. The van der Waals surface area contributed by atoms with Crippen LogP contribution in [0.3, 0.4) is 0 Å². The zero-order chi connectivity index (χ0) is 9.42. The number of ether oxygens (including phenoxy) is 1. The first kappa shape index (κ1) is 8.97. The Morgan fingerprint density at radius 3 is 2.92 bits per heavy atom. The molecular weight excluding hydrogens is 255 g/mol. The molecule has 0 radical (unpaired) electrons. The Morgan fingerprint density at radius 2 is 2.23 bits per heavy atom. The third-order valence-corrected chi connectivity index (χ3v) is 3.50. The predicted octanol–water partition coefficient (Wildman–Crippen LogP) is 3.81. The third-order valence-electron chi connectivity index (χ3n) is 1.79. The fourth-order valence-electron chi connectivity index (χ4n) is 1.18. The van der Waals surface area contributed by atoms with Gasteiger partial charge in [-0.3, -0.25) is 0 Å². The first-order valence-electron chi connectivity index (χ1n) is 3.64. The molecule has 0 aliphatic rings. The van der Waals surface area contributed by atoms with Gasteiger partial charge in [0, 0.05) is 10.1 Å². The van der Waals surface area contributed by atoms with Crippen LogP contribution in [0.1, 0.15) is 0 Å². The van der Waals surface area contributed by atoms with Crippen molar-refractivity contribution in [1.29, 1.82) is 0 Å². The molecule has 4 heteroatoms. The van der Waals surface area contributed by atoms with Gasteiger partial charge >= 0.3 is 0 Å². The number of halogens is 2. The van der Waals surface area contributed by atoms with Crippen LogP contribution in [0, 0.1) is 5.13 Å². The molecule has 0 saturated carbocycles. The highest BCUT2D eigenvalue weighted by atomic mass is 79.9. The van der Waals surface area contributed by atoms with Crippen LogP contribution in [-0.2, 0) is 0 Å². The minimum Gasteiger partial charge on any atom is -0.496 e. The van der Waals surface area contributed by atoms with Gasteiger partial charge in [-0.2, -0.15) is 4.39 Å². The van der Waals surface area contributed by atoms with Gasteiger partial charge in [0.05, 0.1) is 11.6 Å². The van der Waals surface area contributed by atoms with Gasteiger partial charge in [0.1, 0.15) is 5.75 Å². The van der Waals surface area contributed by atoms with Gasteiger partial charge in [0.2, 0.25) is 0 Å². The van der Waals surface area contributed by atoms with E-state index in [2.05, 4.69) is 15.9 Å². The fourth-order valence-corrected chi connectivity index (χ4v) is 2.73. The smallest absolute Gasteiger partial charge is 0.177 e. The first-order valence-corrected chi connectivity index (χ1v) is 5.25. The van der Waals surface area contributed by atoms with Gasteiger partial charge in [-0.25, -0.2) is 0 Å². The maximum atomic E-state index is 12.9. The maximum absolute atomic E-state index is 12.9. The zero-order valence-corrected chi connectivity index (χ0v) is 9.21. The quantitative estimate of drug-likeness (QED) is 0.758. The third kappa shape index (κ3) is 1.44. The van der Waals surface area contributed by atoms with Gasteiger partial charge in [-0.1, -0.05) is 0 Å². The zero-order valence-electron chi connectivity index (χ0n) is 6.80. The SMILES string of the molecule is COc1ccc2sc(F)cc2c1Br. The fraction of sp³-hybridized carbons (Fsp3) is 0.111. The summed E-state index contributed by atoms with van der Waals surface area (Å²) in [6.07, 6.45) is 0. The van der Waals surface area contributed by atoms with Crippen LogP contribution >= 0.6 is 27.3 Å². The highest BCUT2D eigenvalue weighted by Gasteiger charge is 2.08. The normalized spacial score (nSPS) is 10.7. The summed E-state index contributed by atoms with van der Waals surface area (Å²) in [5.41, 5.74) is 0. The van der Waals surface area contributed by atoms with Gasteiger partial charge < -0.3 is 4.74 Å². The van der Waals surface area contributed by atoms with E-state index >= 15 is 0 Å². The molecule has 0 atom stereocenters. The molecular formula is C9H6BrFOS. The van der Waals surface area contributed by atoms with Crippen molar-refractivity contribution in [3.05, 3.63) is 27.8 Å². The summed E-state index contributed by atoms with van der Waals surface area (Å²) >= 11 is 4.50. The molecule has 0 saturated heterocycles. The van der Waals surface area contributed by atoms with E-state index in [1.807, 2.05) is 12.1 Å². The summed E-state index contributed by atoms with van der Waals surface area (Å²) in [5, 5.41) is 0.686. The van der Waals surface area contributed by atoms with E-state index in [1.165, 1.54) is 6.07 Å².